The minimum atomic E-state index is 0.0118. The number of alkyl halides is 2. The van der Waals surface area contributed by atoms with Crippen LogP contribution in [0.25, 0.3) is 0 Å². The first kappa shape index (κ1) is 14.1. The van der Waals surface area contributed by atoms with Gasteiger partial charge in [-0.1, -0.05) is 0 Å². The van der Waals surface area contributed by atoms with E-state index in [1.807, 2.05) is 23.9 Å². The number of methoxy groups -OCH3 is 1. The van der Waals surface area contributed by atoms with E-state index >= 15 is 0 Å². The Kier molecular flexibility index (Phi) is 7.23. The van der Waals surface area contributed by atoms with E-state index in [1.165, 1.54) is 9.99 Å². The molecule has 0 saturated carbocycles. The predicted octanol–water partition coefficient (Wildman–Crippen LogP) is -0.644. The van der Waals surface area contributed by atoms with E-state index in [4.69, 9.17) is 9.84 Å². The third-order valence-corrected chi connectivity index (χ3v) is 6.36. The summed E-state index contributed by atoms with van der Waals surface area (Å²) in [6.45, 7) is 2.24. The first-order valence-electron chi connectivity index (χ1n) is 5.15. The van der Waals surface area contributed by atoms with Crippen LogP contribution in [-0.2, 0) is 5.75 Å². The molecule has 0 aliphatic rings. The molecule has 92 valence electrons. The van der Waals surface area contributed by atoms with Crippen molar-refractivity contribution in [3.8, 4) is 5.75 Å². The van der Waals surface area contributed by atoms with Crippen LogP contribution in [0.4, 0.5) is 0 Å². The van der Waals surface area contributed by atoms with Gasteiger partial charge in [0.2, 0.25) is 0 Å². The molecule has 1 aromatic rings. The van der Waals surface area contributed by atoms with E-state index in [2.05, 4.69) is 19.1 Å². The topological polar surface area (TPSA) is 29.5 Å². The minimum absolute atomic E-state index is 0.0118. The Morgan fingerprint density at radius 2 is 2.06 bits per heavy atom. The summed E-state index contributed by atoms with van der Waals surface area (Å²) in [5.74, 6) is 1.95. The summed E-state index contributed by atoms with van der Waals surface area (Å²) < 4.78 is 6.72. The Morgan fingerprint density at radius 3 is 2.62 bits per heavy atom. The van der Waals surface area contributed by atoms with Crippen LogP contribution in [0.3, 0.4) is 0 Å². The van der Waals surface area contributed by atoms with Gasteiger partial charge in [0.25, 0.3) is 0 Å². The number of hydrogen-bond acceptors (Lipinski definition) is 3. The van der Waals surface area contributed by atoms with Gasteiger partial charge < -0.3 is 0 Å². The first-order chi connectivity index (χ1) is 7.76. The molecule has 0 saturated heterocycles. The molecule has 0 aliphatic heterocycles. The monoisotopic (exact) mass is 353 g/mol. The van der Waals surface area contributed by atoms with Crippen LogP contribution in [0, 0.1) is 0 Å². The van der Waals surface area contributed by atoms with Gasteiger partial charge in [-0.25, -0.2) is 0 Å². The van der Waals surface area contributed by atoms with E-state index < -0.39 is 0 Å². The molecule has 0 heterocycles. The molecule has 1 rings (SSSR count). The number of rotatable bonds is 7. The molecule has 0 spiro atoms. The van der Waals surface area contributed by atoms with Crippen molar-refractivity contribution in [2.75, 3.05) is 16.2 Å². The van der Waals surface area contributed by atoms with Crippen LogP contribution in [0.1, 0.15) is 12.5 Å². The average Bonchev–Trinajstić information content (AvgIpc) is 2.34. The predicted molar refractivity (Wildman–Crippen MR) is 65.7 cm³/mol. The summed E-state index contributed by atoms with van der Waals surface area (Å²) in [6, 6.07) is 8.22. The van der Waals surface area contributed by atoms with Crippen molar-refractivity contribution < 1.29 is 31.0 Å². The van der Waals surface area contributed by atoms with Gasteiger partial charge in [0.15, 0.2) is 0 Å². The van der Waals surface area contributed by atoms with Gasteiger partial charge in [-0.2, -0.15) is 0 Å². The molecule has 0 bridgehead atoms. The molecule has 2 nitrogen and oxygen atoms in total. The van der Waals surface area contributed by atoms with Crippen LogP contribution < -0.4 is 25.9 Å². The second-order valence-corrected chi connectivity index (χ2v) is 7.50. The Morgan fingerprint density at radius 1 is 1.38 bits per heavy atom. The first-order valence-corrected chi connectivity index (χ1v) is 9.25. The van der Waals surface area contributed by atoms with Crippen LogP contribution in [0.2, 0.25) is 0 Å². The number of aliphatic hydroxyl groups is 1. The fourth-order valence-corrected chi connectivity index (χ4v) is 4.48. The van der Waals surface area contributed by atoms with E-state index in [1.54, 1.807) is 7.11 Å². The number of halogens is 1. The molecule has 0 aliphatic carbocycles. The average molecular weight is 353 g/mol. The molecule has 0 amide bonds. The Balaban J connectivity index is 2.30. The maximum absolute atomic E-state index is 8.78. The van der Waals surface area contributed by atoms with Gasteiger partial charge in [-0.3, -0.25) is 0 Å². The second kappa shape index (κ2) is 8.20. The van der Waals surface area contributed by atoms with Gasteiger partial charge in [0.1, 0.15) is 0 Å². The Hall–Kier alpha value is 0.0600. The van der Waals surface area contributed by atoms with Crippen LogP contribution in [0.5, 0.6) is 5.75 Å². The molecule has 4 heteroatoms. The third-order valence-electron chi connectivity index (χ3n) is 2.10. The maximum atomic E-state index is 8.78. The summed E-state index contributed by atoms with van der Waals surface area (Å²) >= 11 is 1.97. The van der Waals surface area contributed by atoms with Crippen molar-refractivity contribution in [3.63, 3.8) is 0 Å². The van der Waals surface area contributed by atoms with Gasteiger partial charge >= 0.3 is 112 Å². The molecular formula is C12H18IO2S-. The number of aliphatic hydroxyl groups excluding tert-OH is 1. The molecule has 16 heavy (non-hydrogen) atoms. The van der Waals surface area contributed by atoms with E-state index in [9.17, 15) is 0 Å². The Labute approximate surface area is 112 Å². The third kappa shape index (κ3) is 5.41. The zero-order valence-electron chi connectivity index (χ0n) is 9.65. The summed E-state index contributed by atoms with van der Waals surface area (Å²) in [7, 11) is 1.68. The Bertz CT molecular complexity index is 290. The van der Waals surface area contributed by atoms with E-state index in [0.717, 1.165) is 11.5 Å². The molecule has 1 atom stereocenters. The standard InChI is InChI=1S/C12H18IO2S/c1-10(7-13-9-14)16-8-11-3-5-12(15-2)6-4-11/h3-6,10,14H,7-9H2,1-2H3/q-1. The number of ether oxygens (including phenoxy) is 1. The van der Waals surface area contributed by atoms with E-state index in [0.29, 0.717) is 9.86 Å². The van der Waals surface area contributed by atoms with Crippen molar-refractivity contribution >= 4 is 11.8 Å². The van der Waals surface area contributed by atoms with Crippen molar-refractivity contribution in [2.24, 2.45) is 0 Å². The van der Waals surface area contributed by atoms with Gasteiger partial charge in [-0.05, 0) is 0 Å². The molecule has 0 fully saturated rings. The van der Waals surface area contributed by atoms with E-state index in [-0.39, 0.29) is 21.2 Å². The molecular weight excluding hydrogens is 335 g/mol. The van der Waals surface area contributed by atoms with Crippen LogP contribution in [0.15, 0.2) is 24.3 Å². The molecule has 0 aromatic heterocycles. The summed E-state index contributed by atoms with van der Waals surface area (Å²) in [5.41, 5.74) is 1.33. The number of hydrogen-bond donors (Lipinski definition) is 1. The van der Waals surface area contributed by atoms with Crippen molar-refractivity contribution in [2.45, 2.75) is 17.9 Å². The van der Waals surface area contributed by atoms with Gasteiger partial charge in [0, 0.05) is 0 Å². The van der Waals surface area contributed by atoms with Crippen LogP contribution in [-0.4, -0.2) is 26.5 Å². The van der Waals surface area contributed by atoms with Crippen molar-refractivity contribution in [1.82, 2.24) is 0 Å². The summed E-state index contributed by atoms with van der Waals surface area (Å²) in [5, 5.41) is 9.44. The van der Waals surface area contributed by atoms with Crippen LogP contribution >= 0.6 is 11.8 Å². The molecule has 1 unspecified atom stereocenters. The fraction of sp³-hybridized carbons (Fsp3) is 0.500. The zero-order chi connectivity index (χ0) is 11.8. The number of thioether (sulfide) groups is 1. The quantitative estimate of drug-likeness (QED) is 0.522. The normalized spacial score (nSPS) is 12.7. The van der Waals surface area contributed by atoms with Crippen molar-refractivity contribution in [1.29, 1.82) is 0 Å². The van der Waals surface area contributed by atoms with Gasteiger partial charge in [-0.15, -0.1) is 0 Å². The zero-order valence-corrected chi connectivity index (χ0v) is 12.6. The molecule has 1 N–H and O–H groups in total. The molecule has 1 aromatic carbocycles. The second-order valence-electron chi connectivity index (χ2n) is 3.43. The summed E-state index contributed by atoms with van der Waals surface area (Å²) in [6.07, 6.45) is 0. The van der Waals surface area contributed by atoms with Gasteiger partial charge in [0.05, 0.1) is 0 Å². The van der Waals surface area contributed by atoms with Crippen molar-refractivity contribution in [3.05, 3.63) is 29.8 Å². The SMILES string of the molecule is COc1ccc(CSC(C)C[I-]CO)cc1. The molecule has 0 radical (unpaired) electrons. The summed E-state index contributed by atoms with van der Waals surface area (Å²) in [4.78, 5) is 0. The number of benzene rings is 1. The fourth-order valence-electron chi connectivity index (χ4n) is 1.21.